The molecular formula is C12H21N3O3S2. The highest BCUT2D eigenvalue weighted by atomic mass is 32.2. The smallest absolute Gasteiger partial charge is 0.244 e. The molecule has 0 radical (unpaired) electrons. The molecule has 6 nitrogen and oxygen atoms in total. The average molecular weight is 319 g/mol. The zero-order valence-corrected chi connectivity index (χ0v) is 13.8. The molecule has 0 aliphatic carbocycles. The molecule has 114 valence electrons. The first-order chi connectivity index (χ1) is 9.19. The number of aliphatic hydroxyl groups is 1. The van der Waals surface area contributed by atoms with Crippen molar-refractivity contribution >= 4 is 27.6 Å². The van der Waals surface area contributed by atoms with Gasteiger partial charge in [0, 0.05) is 32.6 Å². The Bertz CT molecular complexity index is 527. The number of aromatic nitrogens is 1. The Kier molecular flexibility index (Phi) is 5.81. The standard InChI is InChI=1S/C12H21N3O3S2/c1-12(16,9-19-4)8-14-11-6-5-10(7-13-11)20(17,18)15(2)3/h5-7,16H,8-9H2,1-4H3,(H,13,14). The number of hydrogen-bond donors (Lipinski definition) is 2. The molecule has 1 heterocycles. The molecule has 0 spiro atoms. The van der Waals surface area contributed by atoms with Crippen molar-refractivity contribution in [1.82, 2.24) is 9.29 Å². The number of nitrogens with one attached hydrogen (secondary N) is 1. The molecule has 1 unspecified atom stereocenters. The van der Waals surface area contributed by atoms with Gasteiger partial charge in [0.25, 0.3) is 0 Å². The molecular weight excluding hydrogens is 298 g/mol. The molecule has 0 bridgehead atoms. The van der Waals surface area contributed by atoms with Crippen molar-refractivity contribution in [3.05, 3.63) is 18.3 Å². The number of anilines is 1. The van der Waals surface area contributed by atoms with E-state index in [1.54, 1.807) is 24.8 Å². The van der Waals surface area contributed by atoms with Crippen LogP contribution in [0.3, 0.4) is 0 Å². The molecule has 0 fully saturated rings. The van der Waals surface area contributed by atoms with E-state index in [0.29, 0.717) is 18.1 Å². The Morgan fingerprint density at radius 3 is 2.55 bits per heavy atom. The van der Waals surface area contributed by atoms with E-state index in [1.807, 2.05) is 6.26 Å². The minimum absolute atomic E-state index is 0.143. The van der Waals surface area contributed by atoms with Crippen molar-refractivity contribution in [3.63, 3.8) is 0 Å². The van der Waals surface area contributed by atoms with Gasteiger partial charge in [-0.05, 0) is 25.3 Å². The SMILES string of the molecule is CSCC(C)(O)CNc1ccc(S(=O)(=O)N(C)C)cn1. The molecule has 8 heteroatoms. The van der Waals surface area contributed by atoms with E-state index in [4.69, 9.17) is 0 Å². The van der Waals surface area contributed by atoms with Gasteiger partial charge in [-0.25, -0.2) is 17.7 Å². The Labute approximate surface area is 124 Å². The number of pyridine rings is 1. The monoisotopic (exact) mass is 319 g/mol. The summed E-state index contributed by atoms with van der Waals surface area (Å²) in [5.74, 6) is 1.14. The van der Waals surface area contributed by atoms with Gasteiger partial charge in [0.15, 0.2) is 0 Å². The van der Waals surface area contributed by atoms with Gasteiger partial charge in [0.2, 0.25) is 10.0 Å². The van der Waals surface area contributed by atoms with Gasteiger partial charge in [0.1, 0.15) is 10.7 Å². The van der Waals surface area contributed by atoms with Crippen LogP contribution in [0.2, 0.25) is 0 Å². The molecule has 0 aromatic carbocycles. The summed E-state index contributed by atoms with van der Waals surface area (Å²) in [6.07, 6.45) is 3.23. The maximum Gasteiger partial charge on any atom is 0.244 e. The summed E-state index contributed by atoms with van der Waals surface area (Å²) >= 11 is 1.56. The maximum absolute atomic E-state index is 11.9. The quantitative estimate of drug-likeness (QED) is 0.775. The van der Waals surface area contributed by atoms with Crippen molar-refractivity contribution in [2.75, 3.05) is 38.0 Å². The van der Waals surface area contributed by atoms with Crippen molar-refractivity contribution in [2.45, 2.75) is 17.4 Å². The van der Waals surface area contributed by atoms with Crippen molar-refractivity contribution < 1.29 is 13.5 Å². The third-order valence-corrected chi connectivity index (χ3v) is 5.33. The normalized spacial score (nSPS) is 15.1. The second-order valence-corrected chi connectivity index (χ2v) is 7.97. The Morgan fingerprint density at radius 2 is 2.10 bits per heavy atom. The van der Waals surface area contributed by atoms with Gasteiger partial charge in [-0.2, -0.15) is 11.8 Å². The number of thioether (sulfide) groups is 1. The first kappa shape index (κ1) is 17.2. The molecule has 1 rings (SSSR count). The zero-order chi connectivity index (χ0) is 15.4. The van der Waals surface area contributed by atoms with E-state index in [0.717, 1.165) is 4.31 Å². The molecule has 0 saturated heterocycles. The summed E-state index contributed by atoms with van der Waals surface area (Å²) < 4.78 is 24.9. The van der Waals surface area contributed by atoms with Crippen molar-refractivity contribution in [1.29, 1.82) is 0 Å². The molecule has 1 aromatic heterocycles. The number of sulfonamides is 1. The third-order valence-electron chi connectivity index (χ3n) is 2.62. The Morgan fingerprint density at radius 1 is 1.45 bits per heavy atom. The van der Waals surface area contributed by atoms with Crippen LogP contribution in [-0.4, -0.2) is 61.1 Å². The number of hydrogen-bond acceptors (Lipinski definition) is 6. The van der Waals surface area contributed by atoms with Gasteiger partial charge >= 0.3 is 0 Å². The van der Waals surface area contributed by atoms with E-state index >= 15 is 0 Å². The van der Waals surface area contributed by atoms with Crippen LogP contribution < -0.4 is 5.32 Å². The first-order valence-electron chi connectivity index (χ1n) is 6.03. The summed E-state index contributed by atoms with van der Waals surface area (Å²) in [7, 11) is -0.509. The molecule has 1 aromatic rings. The molecule has 2 N–H and O–H groups in total. The Balaban J connectivity index is 2.74. The second kappa shape index (κ2) is 6.75. The predicted molar refractivity (Wildman–Crippen MR) is 82.6 cm³/mol. The van der Waals surface area contributed by atoms with Crippen LogP contribution in [0.4, 0.5) is 5.82 Å². The highest BCUT2D eigenvalue weighted by Gasteiger charge is 2.20. The summed E-state index contributed by atoms with van der Waals surface area (Å²) in [4.78, 5) is 4.20. The molecule has 0 aliphatic heterocycles. The van der Waals surface area contributed by atoms with Gasteiger partial charge < -0.3 is 10.4 Å². The summed E-state index contributed by atoms with van der Waals surface area (Å²) in [6.45, 7) is 2.09. The fourth-order valence-electron chi connectivity index (χ4n) is 1.49. The van der Waals surface area contributed by atoms with Crippen LogP contribution in [0, 0.1) is 0 Å². The van der Waals surface area contributed by atoms with E-state index in [9.17, 15) is 13.5 Å². The second-order valence-electron chi connectivity index (χ2n) is 4.95. The lowest BCUT2D eigenvalue weighted by Crippen LogP contribution is -2.36. The minimum atomic E-state index is -3.46. The van der Waals surface area contributed by atoms with Crippen LogP contribution >= 0.6 is 11.8 Å². The number of rotatable bonds is 7. The summed E-state index contributed by atoms with van der Waals surface area (Å²) in [6, 6.07) is 3.08. The average Bonchev–Trinajstić information content (AvgIpc) is 2.37. The summed E-state index contributed by atoms with van der Waals surface area (Å²) in [5.41, 5.74) is -0.838. The zero-order valence-electron chi connectivity index (χ0n) is 12.1. The largest absolute Gasteiger partial charge is 0.387 e. The molecule has 1 atom stereocenters. The van der Waals surface area contributed by atoms with Gasteiger partial charge in [0.05, 0.1) is 5.60 Å². The lowest BCUT2D eigenvalue weighted by atomic mass is 10.1. The minimum Gasteiger partial charge on any atom is -0.387 e. The summed E-state index contributed by atoms with van der Waals surface area (Å²) in [5, 5.41) is 13.0. The maximum atomic E-state index is 11.9. The highest BCUT2D eigenvalue weighted by Crippen LogP contribution is 2.15. The fraction of sp³-hybridized carbons (Fsp3) is 0.583. The van der Waals surface area contributed by atoms with Crippen molar-refractivity contribution in [3.8, 4) is 0 Å². The van der Waals surface area contributed by atoms with Gasteiger partial charge in [-0.1, -0.05) is 0 Å². The number of nitrogens with zero attached hydrogens (tertiary/aromatic N) is 2. The molecule has 20 heavy (non-hydrogen) atoms. The molecule has 0 aliphatic rings. The van der Waals surface area contributed by atoms with E-state index in [1.165, 1.54) is 26.4 Å². The van der Waals surface area contributed by atoms with Crippen LogP contribution in [0.15, 0.2) is 23.2 Å². The third kappa shape index (κ3) is 4.62. The lowest BCUT2D eigenvalue weighted by molar-refractivity contribution is 0.0996. The Hall–Kier alpha value is -0.830. The van der Waals surface area contributed by atoms with Gasteiger partial charge in [-0.3, -0.25) is 0 Å². The highest BCUT2D eigenvalue weighted by molar-refractivity contribution is 7.98. The van der Waals surface area contributed by atoms with Gasteiger partial charge in [-0.15, -0.1) is 0 Å². The van der Waals surface area contributed by atoms with Crippen LogP contribution in [0.25, 0.3) is 0 Å². The molecule has 0 saturated carbocycles. The first-order valence-corrected chi connectivity index (χ1v) is 8.86. The molecule has 0 amide bonds. The topological polar surface area (TPSA) is 82.5 Å². The van der Waals surface area contributed by atoms with E-state index < -0.39 is 15.6 Å². The van der Waals surface area contributed by atoms with Crippen LogP contribution in [-0.2, 0) is 10.0 Å². The van der Waals surface area contributed by atoms with E-state index in [2.05, 4.69) is 10.3 Å². The predicted octanol–water partition coefficient (Wildman–Crippen LogP) is 0.858. The van der Waals surface area contributed by atoms with Crippen molar-refractivity contribution in [2.24, 2.45) is 0 Å². The van der Waals surface area contributed by atoms with Crippen LogP contribution in [0.5, 0.6) is 0 Å². The fourth-order valence-corrected chi connectivity index (χ4v) is 3.06. The lowest BCUT2D eigenvalue weighted by Gasteiger charge is -2.22. The van der Waals surface area contributed by atoms with E-state index in [-0.39, 0.29) is 4.90 Å². The van der Waals surface area contributed by atoms with Crippen LogP contribution in [0.1, 0.15) is 6.92 Å².